The lowest BCUT2D eigenvalue weighted by atomic mass is 9.53. The van der Waals surface area contributed by atoms with E-state index in [0.29, 0.717) is 18.3 Å². The first kappa shape index (κ1) is 23.0. The van der Waals surface area contributed by atoms with Crippen molar-refractivity contribution in [1.82, 2.24) is 0 Å². The van der Waals surface area contributed by atoms with Crippen molar-refractivity contribution >= 4 is 5.78 Å². The summed E-state index contributed by atoms with van der Waals surface area (Å²) in [5, 5.41) is 21.1. The first-order valence-electron chi connectivity index (χ1n) is 12.1. The zero-order chi connectivity index (χ0) is 23.0. The van der Waals surface area contributed by atoms with E-state index in [1.807, 2.05) is 19.1 Å². The molecule has 1 aromatic carbocycles. The first-order chi connectivity index (χ1) is 15.3. The van der Waals surface area contributed by atoms with Gasteiger partial charge in [-0.1, -0.05) is 36.8 Å². The van der Waals surface area contributed by atoms with Crippen molar-refractivity contribution in [3.8, 4) is 12.3 Å². The van der Waals surface area contributed by atoms with E-state index in [4.69, 9.17) is 0 Å². The second-order valence-corrected chi connectivity index (χ2v) is 10.3. The second kappa shape index (κ2) is 9.00. The fraction of sp³-hybridized carbons (Fsp3) is 0.552. The van der Waals surface area contributed by atoms with Gasteiger partial charge in [-0.05, 0) is 98.0 Å². The molecule has 5 rings (SSSR count). The van der Waals surface area contributed by atoms with E-state index in [0.717, 1.165) is 44.1 Å². The standard InChI is InChI=1S/C26H32O3.C3H4/c1-15(27)16-4-3-5-17(12-16)22-14-26(2)23(10-11-24(26)29)21-8-6-18-13-19(28)7-9-20(18)25(21)22;1-3-2/h3-5,12-13,15,21-24,27,29H,6-11,14H2,1-2H3;1H,2H3. The maximum absolute atomic E-state index is 12.1. The van der Waals surface area contributed by atoms with Crippen LogP contribution < -0.4 is 0 Å². The van der Waals surface area contributed by atoms with Crippen molar-refractivity contribution in [2.75, 3.05) is 0 Å². The van der Waals surface area contributed by atoms with E-state index < -0.39 is 6.10 Å². The molecule has 0 saturated heterocycles. The van der Waals surface area contributed by atoms with Gasteiger partial charge in [-0.3, -0.25) is 4.79 Å². The lowest BCUT2D eigenvalue weighted by Crippen LogP contribution is -2.45. The van der Waals surface area contributed by atoms with Crippen LogP contribution in [-0.4, -0.2) is 22.1 Å². The predicted molar refractivity (Wildman–Crippen MR) is 128 cm³/mol. The Balaban J connectivity index is 0.000000775. The largest absolute Gasteiger partial charge is 0.393 e. The molecule has 0 aliphatic heterocycles. The highest BCUT2D eigenvalue weighted by Gasteiger charge is 2.56. The van der Waals surface area contributed by atoms with Gasteiger partial charge in [-0.15, -0.1) is 12.3 Å². The zero-order valence-electron chi connectivity index (χ0n) is 19.6. The Morgan fingerprint density at radius 2 is 1.94 bits per heavy atom. The Hall–Kier alpha value is -2.15. The fourth-order valence-electron chi connectivity index (χ4n) is 6.97. The van der Waals surface area contributed by atoms with E-state index >= 15 is 0 Å². The summed E-state index contributed by atoms with van der Waals surface area (Å²) in [5.41, 5.74) is 6.42. The van der Waals surface area contributed by atoms with Crippen LogP contribution in [0.2, 0.25) is 0 Å². The van der Waals surface area contributed by atoms with Gasteiger partial charge in [0.2, 0.25) is 0 Å². The smallest absolute Gasteiger partial charge is 0.156 e. The van der Waals surface area contributed by atoms with Crippen LogP contribution in [0, 0.1) is 29.6 Å². The summed E-state index contributed by atoms with van der Waals surface area (Å²) >= 11 is 0. The van der Waals surface area contributed by atoms with Gasteiger partial charge in [-0.2, -0.15) is 0 Å². The number of fused-ring (bicyclic) bond motifs is 4. The minimum Gasteiger partial charge on any atom is -0.393 e. The van der Waals surface area contributed by atoms with E-state index in [9.17, 15) is 15.0 Å². The van der Waals surface area contributed by atoms with Crippen molar-refractivity contribution in [3.05, 3.63) is 58.2 Å². The molecule has 4 aliphatic carbocycles. The molecule has 2 N–H and O–H groups in total. The van der Waals surface area contributed by atoms with Crippen molar-refractivity contribution in [3.63, 3.8) is 0 Å². The van der Waals surface area contributed by atoms with Crippen molar-refractivity contribution < 1.29 is 15.0 Å². The normalized spacial score (nSPS) is 34.2. The number of carbonyl (C=O) groups is 1. The minimum absolute atomic E-state index is 0.0497. The number of benzene rings is 1. The highest BCUT2D eigenvalue weighted by molar-refractivity contribution is 5.93. The summed E-state index contributed by atoms with van der Waals surface area (Å²) in [6.07, 6.45) is 12.3. The molecule has 32 heavy (non-hydrogen) atoms. The first-order valence-corrected chi connectivity index (χ1v) is 12.1. The van der Waals surface area contributed by atoms with Gasteiger partial charge in [0.1, 0.15) is 0 Å². The molecule has 1 aromatic rings. The van der Waals surface area contributed by atoms with Gasteiger partial charge in [0.15, 0.2) is 5.78 Å². The summed E-state index contributed by atoms with van der Waals surface area (Å²) in [6, 6.07) is 8.41. The Morgan fingerprint density at radius 3 is 2.66 bits per heavy atom. The molecule has 0 spiro atoms. The lowest BCUT2D eigenvalue weighted by Gasteiger charge is -2.52. The highest BCUT2D eigenvalue weighted by Crippen LogP contribution is 2.63. The molecular weight excluding hydrogens is 396 g/mol. The number of aliphatic hydroxyl groups excluding tert-OH is 2. The van der Waals surface area contributed by atoms with Crippen LogP contribution in [0.25, 0.3) is 0 Å². The van der Waals surface area contributed by atoms with Gasteiger partial charge in [-0.25, -0.2) is 0 Å². The number of carbonyl (C=O) groups excluding carboxylic acids is 1. The molecule has 0 amide bonds. The fourth-order valence-corrected chi connectivity index (χ4v) is 6.97. The summed E-state index contributed by atoms with van der Waals surface area (Å²) < 4.78 is 0. The van der Waals surface area contributed by atoms with Crippen LogP contribution in [0.1, 0.15) is 88.9 Å². The van der Waals surface area contributed by atoms with Crippen molar-refractivity contribution in [2.24, 2.45) is 17.3 Å². The van der Waals surface area contributed by atoms with Crippen molar-refractivity contribution in [2.45, 2.75) is 83.8 Å². The maximum atomic E-state index is 12.1. The maximum Gasteiger partial charge on any atom is 0.156 e. The van der Waals surface area contributed by atoms with Crippen LogP contribution in [0.15, 0.2) is 47.1 Å². The van der Waals surface area contributed by atoms with E-state index in [-0.39, 0.29) is 23.2 Å². The van der Waals surface area contributed by atoms with Gasteiger partial charge in [0.25, 0.3) is 0 Å². The number of rotatable bonds is 2. The molecule has 0 heterocycles. The van der Waals surface area contributed by atoms with E-state index in [1.165, 1.54) is 16.7 Å². The number of hydrogen-bond acceptors (Lipinski definition) is 3. The van der Waals surface area contributed by atoms with Gasteiger partial charge in [0.05, 0.1) is 12.2 Å². The van der Waals surface area contributed by atoms with Crippen LogP contribution >= 0.6 is 0 Å². The van der Waals surface area contributed by atoms with Crippen LogP contribution in [0.5, 0.6) is 0 Å². The third-order valence-corrected chi connectivity index (χ3v) is 8.48. The second-order valence-electron chi connectivity index (χ2n) is 10.3. The minimum atomic E-state index is -0.485. The monoisotopic (exact) mass is 432 g/mol. The number of terminal acetylenes is 1. The molecule has 3 nitrogen and oxygen atoms in total. The molecule has 170 valence electrons. The van der Waals surface area contributed by atoms with E-state index in [1.54, 1.807) is 12.5 Å². The summed E-state index contributed by atoms with van der Waals surface area (Å²) in [7, 11) is 0. The number of allylic oxidation sites excluding steroid dienone is 4. The Bertz CT molecular complexity index is 992. The summed E-state index contributed by atoms with van der Waals surface area (Å²) in [6.45, 7) is 5.77. The predicted octanol–water partition coefficient (Wildman–Crippen LogP) is 5.64. The molecule has 6 atom stereocenters. The molecule has 2 fully saturated rings. The highest BCUT2D eigenvalue weighted by atomic mass is 16.3. The number of aliphatic hydroxyl groups is 2. The molecular formula is C29H36O3. The summed E-state index contributed by atoms with van der Waals surface area (Å²) in [4.78, 5) is 12.1. The molecule has 3 heteroatoms. The van der Waals surface area contributed by atoms with Gasteiger partial charge < -0.3 is 10.2 Å². The van der Waals surface area contributed by atoms with Crippen LogP contribution in [-0.2, 0) is 4.79 Å². The summed E-state index contributed by atoms with van der Waals surface area (Å²) in [5.74, 6) is 3.83. The lowest BCUT2D eigenvalue weighted by molar-refractivity contribution is -0.114. The number of ketones is 1. The third kappa shape index (κ3) is 3.89. The van der Waals surface area contributed by atoms with Crippen molar-refractivity contribution in [1.29, 1.82) is 0 Å². The van der Waals surface area contributed by atoms with Crippen LogP contribution in [0.3, 0.4) is 0 Å². The molecule has 6 unspecified atom stereocenters. The van der Waals surface area contributed by atoms with Crippen LogP contribution in [0.4, 0.5) is 0 Å². The third-order valence-electron chi connectivity index (χ3n) is 8.48. The quantitative estimate of drug-likeness (QED) is 0.595. The molecule has 0 bridgehead atoms. The molecule has 4 aliphatic rings. The average Bonchev–Trinajstić information content (AvgIpc) is 3.07. The van der Waals surface area contributed by atoms with Gasteiger partial charge in [0, 0.05) is 12.3 Å². The molecule has 0 radical (unpaired) electrons. The number of hydrogen-bond donors (Lipinski definition) is 2. The zero-order valence-corrected chi connectivity index (χ0v) is 19.6. The van der Waals surface area contributed by atoms with Gasteiger partial charge >= 0.3 is 0 Å². The Labute approximate surface area is 192 Å². The molecule has 2 saturated carbocycles. The molecule has 0 aromatic heterocycles. The topological polar surface area (TPSA) is 57.5 Å². The average molecular weight is 433 g/mol. The SMILES string of the molecule is C#CC.CC(O)c1cccc(C2CC3(C)C(O)CCC3C3CCC4=CC(=O)CCC4=C23)c1. The Kier molecular flexibility index (Phi) is 6.48. The Morgan fingerprint density at radius 1 is 1.19 bits per heavy atom. The van der Waals surface area contributed by atoms with E-state index in [2.05, 4.69) is 37.5 Å².